The molecule has 0 bridgehead atoms. The summed E-state index contributed by atoms with van der Waals surface area (Å²) in [4.78, 5) is 10.4. The van der Waals surface area contributed by atoms with Crippen molar-refractivity contribution >= 4 is 11.6 Å². The Morgan fingerprint density at radius 1 is 1.25 bits per heavy atom. The van der Waals surface area contributed by atoms with E-state index in [4.69, 9.17) is 0 Å². The first-order valence-corrected chi connectivity index (χ1v) is 3.56. The van der Waals surface area contributed by atoms with Crippen molar-refractivity contribution in [3.8, 4) is 0 Å². The fourth-order valence-corrected chi connectivity index (χ4v) is 0.733. The fourth-order valence-electron chi connectivity index (χ4n) is 0.733. The Morgan fingerprint density at radius 3 is 2.25 bits per heavy atom. The minimum atomic E-state index is -5.12. The normalized spacial score (nSPS) is 10.6. The minimum absolute atomic E-state index is 0. The van der Waals surface area contributed by atoms with Gasteiger partial charge in [0.15, 0.2) is 0 Å². The maximum absolute atomic E-state index is 12.7. The third-order valence-corrected chi connectivity index (χ3v) is 1.37. The molecule has 0 saturated carbocycles. The second-order valence-electron chi connectivity index (χ2n) is 2.49. The third-order valence-electron chi connectivity index (χ3n) is 1.37. The number of carbonyl (C=O) groups is 1. The number of anilines is 1. The number of alkyl halides is 3. The maximum Gasteiger partial charge on any atom is 0.470 e. The first-order valence-electron chi connectivity index (χ1n) is 3.56. The SMILES string of the molecule is O=C(Nc1ccc(F)[c-]c1F)C(F)(F)F.[Ti]. The van der Waals surface area contributed by atoms with Crippen LogP contribution in [-0.2, 0) is 26.5 Å². The zero-order valence-corrected chi connectivity index (χ0v) is 9.01. The summed E-state index contributed by atoms with van der Waals surface area (Å²) >= 11 is 0. The summed E-state index contributed by atoms with van der Waals surface area (Å²) in [6.45, 7) is 0. The Labute approximate surface area is 102 Å². The van der Waals surface area contributed by atoms with E-state index in [1.54, 1.807) is 0 Å². The van der Waals surface area contributed by atoms with Gasteiger partial charge < -0.3 is 5.32 Å². The van der Waals surface area contributed by atoms with Crippen LogP contribution in [-0.4, -0.2) is 12.1 Å². The monoisotopic (exact) mass is 272 g/mol. The molecule has 1 aromatic rings. The summed E-state index contributed by atoms with van der Waals surface area (Å²) in [6, 6.07) is 2.83. The summed E-state index contributed by atoms with van der Waals surface area (Å²) in [6.07, 6.45) is -5.12. The van der Waals surface area contributed by atoms with Gasteiger partial charge in [0.25, 0.3) is 0 Å². The van der Waals surface area contributed by atoms with Gasteiger partial charge in [-0.3, -0.25) is 4.79 Å². The molecule has 0 aliphatic rings. The first-order chi connectivity index (χ1) is 6.80. The van der Waals surface area contributed by atoms with E-state index in [-0.39, 0.29) is 21.7 Å². The number of hydrogen-bond donors (Lipinski definition) is 1. The predicted octanol–water partition coefficient (Wildman–Crippen LogP) is 2.26. The Balaban J connectivity index is 0.00000225. The summed E-state index contributed by atoms with van der Waals surface area (Å²) in [5, 5.41) is 1.24. The van der Waals surface area contributed by atoms with Crippen LogP contribution in [0.3, 0.4) is 0 Å². The molecule has 0 saturated heterocycles. The molecule has 1 aromatic carbocycles. The fraction of sp³-hybridized carbons (Fsp3) is 0.125. The number of amides is 1. The molecule has 0 aliphatic heterocycles. The van der Waals surface area contributed by atoms with Crippen LogP contribution in [0.2, 0.25) is 0 Å². The van der Waals surface area contributed by atoms with Gasteiger partial charge in [-0.1, -0.05) is 0 Å². The van der Waals surface area contributed by atoms with Gasteiger partial charge >= 0.3 is 12.1 Å². The van der Waals surface area contributed by atoms with Gasteiger partial charge in [-0.2, -0.15) is 13.2 Å². The molecular formula is C8H3F5NOTi-. The van der Waals surface area contributed by atoms with Gasteiger partial charge in [0.2, 0.25) is 0 Å². The number of carbonyl (C=O) groups excluding carboxylic acids is 1. The average Bonchev–Trinajstić information content (AvgIpc) is 2.08. The van der Waals surface area contributed by atoms with Crippen molar-refractivity contribution in [1.82, 2.24) is 0 Å². The van der Waals surface area contributed by atoms with Crippen molar-refractivity contribution in [2.45, 2.75) is 6.18 Å². The van der Waals surface area contributed by atoms with E-state index in [9.17, 15) is 26.7 Å². The van der Waals surface area contributed by atoms with Crippen molar-refractivity contribution in [3.05, 3.63) is 29.8 Å². The topological polar surface area (TPSA) is 29.1 Å². The van der Waals surface area contributed by atoms with Gasteiger partial charge in [-0.25, -0.2) is 8.78 Å². The van der Waals surface area contributed by atoms with Crippen LogP contribution in [0, 0.1) is 17.7 Å². The number of nitrogens with one attached hydrogen (secondary N) is 1. The molecule has 0 unspecified atom stereocenters. The summed E-state index contributed by atoms with van der Waals surface area (Å²) in [5.41, 5.74) is -0.779. The maximum atomic E-state index is 12.7. The van der Waals surface area contributed by atoms with Gasteiger partial charge in [0.05, 0.1) is 0 Å². The van der Waals surface area contributed by atoms with E-state index in [0.29, 0.717) is 12.1 Å². The molecule has 16 heavy (non-hydrogen) atoms. The van der Waals surface area contributed by atoms with E-state index in [0.717, 1.165) is 0 Å². The zero-order valence-electron chi connectivity index (χ0n) is 7.45. The Kier molecular flexibility index (Phi) is 5.08. The number of halogens is 5. The molecule has 8 heteroatoms. The predicted molar refractivity (Wildman–Crippen MR) is 39.9 cm³/mol. The summed E-state index contributed by atoms with van der Waals surface area (Å²) in [7, 11) is 0. The Morgan fingerprint density at radius 2 is 1.81 bits per heavy atom. The van der Waals surface area contributed by atoms with Crippen LogP contribution in [0.5, 0.6) is 0 Å². The molecule has 0 atom stereocenters. The quantitative estimate of drug-likeness (QED) is 0.474. The Bertz CT molecular complexity index is 393. The average molecular weight is 272 g/mol. The van der Waals surface area contributed by atoms with Crippen LogP contribution in [0.1, 0.15) is 0 Å². The van der Waals surface area contributed by atoms with Gasteiger partial charge in [0, 0.05) is 33.4 Å². The summed E-state index contributed by atoms with van der Waals surface area (Å²) < 4.78 is 60.2. The molecule has 86 valence electrons. The molecule has 1 N–H and O–H groups in total. The van der Waals surface area contributed by atoms with E-state index in [1.807, 2.05) is 0 Å². The number of benzene rings is 1. The zero-order chi connectivity index (χ0) is 11.6. The minimum Gasteiger partial charge on any atom is -0.369 e. The largest absolute Gasteiger partial charge is 0.470 e. The van der Waals surface area contributed by atoms with Crippen molar-refractivity contribution in [2.24, 2.45) is 0 Å². The van der Waals surface area contributed by atoms with Crippen LogP contribution >= 0.6 is 0 Å². The van der Waals surface area contributed by atoms with Crippen LogP contribution in [0.25, 0.3) is 0 Å². The molecule has 0 spiro atoms. The van der Waals surface area contributed by atoms with Crippen LogP contribution in [0.4, 0.5) is 27.6 Å². The summed E-state index contributed by atoms with van der Waals surface area (Å²) in [5.74, 6) is -4.80. The molecule has 0 radical (unpaired) electrons. The van der Waals surface area contributed by atoms with Crippen molar-refractivity contribution < 1.29 is 48.5 Å². The molecule has 0 heterocycles. The standard InChI is InChI=1S/C8H3F5NO.Ti/c9-4-1-2-6(5(10)3-4)14-7(15)8(11,12)13;/h1-2H,(H,14,15);/q-1;. The van der Waals surface area contributed by atoms with Gasteiger partial charge in [0.1, 0.15) is 0 Å². The van der Waals surface area contributed by atoms with E-state index in [2.05, 4.69) is 0 Å². The molecule has 0 fully saturated rings. The second kappa shape index (κ2) is 5.40. The third kappa shape index (κ3) is 3.90. The van der Waals surface area contributed by atoms with Gasteiger partial charge in [-0.05, 0) is 5.69 Å². The molecule has 2 nitrogen and oxygen atoms in total. The molecular weight excluding hydrogens is 269 g/mol. The van der Waals surface area contributed by atoms with Crippen molar-refractivity contribution in [1.29, 1.82) is 0 Å². The molecule has 0 aromatic heterocycles. The number of rotatable bonds is 1. The van der Waals surface area contributed by atoms with E-state index in [1.165, 1.54) is 11.4 Å². The van der Waals surface area contributed by atoms with Crippen LogP contribution in [0.15, 0.2) is 12.1 Å². The Hall–Kier alpha value is -0.946. The molecule has 0 aliphatic carbocycles. The van der Waals surface area contributed by atoms with E-state index >= 15 is 0 Å². The second-order valence-corrected chi connectivity index (χ2v) is 2.49. The number of hydrogen-bond acceptors (Lipinski definition) is 1. The first kappa shape index (κ1) is 15.1. The van der Waals surface area contributed by atoms with Crippen molar-refractivity contribution in [2.75, 3.05) is 5.32 Å². The molecule has 1 amide bonds. The van der Waals surface area contributed by atoms with Gasteiger partial charge in [-0.15, -0.1) is 18.2 Å². The van der Waals surface area contributed by atoms with E-state index < -0.39 is 29.4 Å². The smallest absolute Gasteiger partial charge is 0.369 e. The molecule has 1 rings (SSSR count). The van der Waals surface area contributed by atoms with Crippen molar-refractivity contribution in [3.63, 3.8) is 0 Å². The van der Waals surface area contributed by atoms with Crippen LogP contribution < -0.4 is 5.32 Å².